The van der Waals surface area contributed by atoms with Crippen LogP contribution in [0, 0.1) is 5.92 Å². The number of hydrogen-bond acceptors (Lipinski definition) is 6. The van der Waals surface area contributed by atoms with Crippen molar-refractivity contribution in [3.05, 3.63) is 0 Å². The third-order valence-corrected chi connectivity index (χ3v) is 5.24. The first-order valence-electron chi connectivity index (χ1n) is 6.55. The van der Waals surface area contributed by atoms with Crippen molar-refractivity contribution in [1.82, 2.24) is 15.1 Å². The summed E-state index contributed by atoms with van der Waals surface area (Å²) in [6, 6.07) is 0. The Kier molecular flexibility index (Phi) is 5.26. The summed E-state index contributed by atoms with van der Waals surface area (Å²) in [6.45, 7) is 8.90. The van der Waals surface area contributed by atoms with Gasteiger partial charge in [-0.15, -0.1) is 10.2 Å². The molecule has 18 heavy (non-hydrogen) atoms. The maximum absolute atomic E-state index is 4.32. The molecule has 1 fully saturated rings. The molecule has 4 nitrogen and oxygen atoms in total. The van der Waals surface area contributed by atoms with Gasteiger partial charge in [0.2, 0.25) is 5.13 Å². The molecular formula is C12H22N4S2. The van der Waals surface area contributed by atoms with Gasteiger partial charge >= 0.3 is 0 Å². The van der Waals surface area contributed by atoms with Crippen LogP contribution in [0.5, 0.6) is 0 Å². The lowest BCUT2D eigenvalue weighted by molar-refractivity contribution is 0.312. The Morgan fingerprint density at radius 3 is 2.61 bits per heavy atom. The quantitative estimate of drug-likeness (QED) is 0.776. The molecule has 0 amide bonds. The van der Waals surface area contributed by atoms with Gasteiger partial charge in [-0.25, -0.2) is 0 Å². The average molecular weight is 286 g/mol. The van der Waals surface area contributed by atoms with Crippen molar-refractivity contribution in [3.8, 4) is 0 Å². The molecule has 1 aliphatic heterocycles. The molecule has 0 radical (unpaired) electrons. The molecule has 102 valence electrons. The van der Waals surface area contributed by atoms with Crippen LogP contribution in [-0.4, -0.2) is 54.1 Å². The summed E-state index contributed by atoms with van der Waals surface area (Å²) in [5.41, 5.74) is 0. The molecular weight excluding hydrogens is 264 g/mol. The Bertz CT molecular complexity index is 359. The fourth-order valence-electron chi connectivity index (χ4n) is 1.77. The first-order chi connectivity index (χ1) is 8.65. The van der Waals surface area contributed by atoms with Crippen molar-refractivity contribution in [2.24, 2.45) is 5.92 Å². The maximum atomic E-state index is 4.32. The number of hydrogen-bond donors (Lipinski definition) is 0. The molecule has 6 heteroatoms. The Morgan fingerprint density at radius 1 is 1.22 bits per heavy atom. The topological polar surface area (TPSA) is 32.3 Å². The number of anilines is 1. The van der Waals surface area contributed by atoms with Crippen LogP contribution in [0.4, 0.5) is 5.13 Å². The molecule has 0 saturated carbocycles. The summed E-state index contributed by atoms with van der Waals surface area (Å²) in [7, 11) is 2.17. The van der Waals surface area contributed by atoms with E-state index in [9.17, 15) is 0 Å². The zero-order chi connectivity index (χ0) is 13.0. The Balaban J connectivity index is 1.82. The van der Waals surface area contributed by atoms with Crippen LogP contribution < -0.4 is 4.90 Å². The average Bonchev–Trinajstić information content (AvgIpc) is 2.78. The van der Waals surface area contributed by atoms with Crippen LogP contribution in [0.3, 0.4) is 0 Å². The molecule has 0 bridgehead atoms. The number of rotatable bonds is 5. The summed E-state index contributed by atoms with van der Waals surface area (Å²) in [5.74, 6) is 1.91. The third-order valence-electron chi connectivity index (χ3n) is 3.09. The van der Waals surface area contributed by atoms with Gasteiger partial charge in [0, 0.05) is 31.9 Å². The van der Waals surface area contributed by atoms with E-state index in [0.717, 1.165) is 47.3 Å². The number of aromatic nitrogens is 2. The molecule has 1 aliphatic rings. The second-order valence-electron chi connectivity index (χ2n) is 5.17. The van der Waals surface area contributed by atoms with Gasteiger partial charge in [-0.05, 0) is 19.4 Å². The zero-order valence-electron chi connectivity index (χ0n) is 11.4. The van der Waals surface area contributed by atoms with E-state index in [1.165, 1.54) is 6.42 Å². The summed E-state index contributed by atoms with van der Waals surface area (Å²) >= 11 is 3.58. The second kappa shape index (κ2) is 6.73. The van der Waals surface area contributed by atoms with Crippen LogP contribution in [0.25, 0.3) is 0 Å². The van der Waals surface area contributed by atoms with Gasteiger partial charge in [0.25, 0.3) is 0 Å². The fourth-order valence-corrected chi connectivity index (χ4v) is 3.97. The molecule has 1 aromatic heterocycles. The van der Waals surface area contributed by atoms with Gasteiger partial charge in [0.1, 0.15) is 0 Å². The molecule has 0 unspecified atom stereocenters. The summed E-state index contributed by atoms with van der Waals surface area (Å²) < 4.78 is 1.12. The molecule has 0 aromatic carbocycles. The number of thioether (sulfide) groups is 1. The van der Waals surface area contributed by atoms with E-state index in [4.69, 9.17) is 0 Å². The van der Waals surface area contributed by atoms with Crippen LogP contribution >= 0.6 is 23.1 Å². The van der Waals surface area contributed by atoms with Gasteiger partial charge < -0.3 is 9.80 Å². The van der Waals surface area contributed by atoms with E-state index in [1.54, 1.807) is 11.3 Å². The number of nitrogens with zero attached hydrogens (tertiary/aromatic N) is 4. The normalized spacial score (nSPS) is 17.7. The summed E-state index contributed by atoms with van der Waals surface area (Å²) in [4.78, 5) is 4.71. The van der Waals surface area contributed by atoms with Gasteiger partial charge in [-0.1, -0.05) is 36.9 Å². The van der Waals surface area contributed by atoms with Crippen molar-refractivity contribution in [2.45, 2.75) is 24.6 Å². The van der Waals surface area contributed by atoms with Crippen molar-refractivity contribution in [1.29, 1.82) is 0 Å². The van der Waals surface area contributed by atoms with Crippen LogP contribution in [0.15, 0.2) is 4.34 Å². The van der Waals surface area contributed by atoms with Gasteiger partial charge in [0.15, 0.2) is 4.34 Å². The highest BCUT2D eigenvalue weighted by atomic mass is 32.2. The van der Waals surface area contributed by atoms with Crippen molar-refractivity contribution < 1.29 is 0 Å². The Labute approximate surface area is 118 Å². The van der Waals surface area contributed by atoms with E-state index in [2.05, 4.69) is 40.9 Å². The van der Waals surface area contributed by atoms with Crippen LogP contribution in [0.1, 0.15) is 20.3 Å². The fraction of sp³-hybridized carbons (Fsp3) is 0.833. The summed E-state index contributed by atoms with van der Waals surface area (Å²) in [6.07, 6.45) is 1.24. The number of piperazine rings is 1. The molecule has 1 aromatic rings. The predicted octanol–water partition coefficient (Wildman–Crippen LogP) is 2.43. The lowest BCUT2D eigenvalue weighted by atomic mass is 10.2. The molecule has 1 saturated heterocycles. The maximum Gasteiger partial charge on any atom is 0.209 e. The highest BCUT2D eigenvalue weighted by Gasteiger charge is 2.17. The monoisotopic (exact) mass is 286 g/mol. The SMILES string of the molecule is CC(C)CCSc1nnc(N2CCN(C)CC2)s1. The largest absolute Gasteiger partial charge is 0.344 e. The highest BCUT2D eigenvalue weighted by molar-refractivity contribution is 8.01. The van der Waals surface area contributed by atoms with Crippen molar-refractivity contribution in [2.75, 3.05) is 43.9 Å². The van der Waals surface area contributed by atoms with E-state index in [0.29, 0.717) is 0 Å². The minimum Gasteiger partial charge on any atom is -0.344 e. The standard InChI is InChI=1S/C12H22N4S2/c1-10(2)4-9-17-12-14-13-11(18-12)16-7-5-15(3)6-8-16/h10H,4-9H2,1-3H3. The predicted molar refractivity (Wildman–Crippen MR) is 79.8 cm³/mol. The zero-order valence-corrected chi connectivity index (χ0v) is 13.1. The second-order valence-corrected chi connectivity index (χ2v) is 7.47. The van der Waals surface area contributed by atoms with E-state index < -0.39 is 0 Å². The molecule has 0 N–H and O–H groups in total. The lowest BCUT2D eigenvalue weighted by Crippen LogP contribution is -2.44. The smallest absolute Gasteiger partial charge is 0.209 e. The number of likely N-dealkylation sites (N-methyl/N-ethyl adjacent to an activating group) is 1. The minimum atomic E-state index is 0.766. The molecule has 2 heterocycles. The minimum absolute atomic E-state index is 0.766. The van der Waals surface area contributed by atoms with Gasteiger partial charge in [-0.3, -0.25) is 0 Å². The van der Waals surface area contributed by atoms with Crippen molar-refractivity contribution >= 4 is 28.2 Å². The first kappa shape index (κ1) is 14.1. The van der Waals surface area contributed by atoms with E-state index in [1.807, 2.05) is 11.8 Å². The molecule has 0 spiro atoms. The molecule has 0 atom stereocenters. The van der Waals surface area contributed by atoms with E-state index in [-0.39, 0.29) is 0 Å². The Morgan fingerprint density at radius 2 is 1.94 bits per heavy atom. The van der Waals surface area contributed by atoms with Gasteiger partial charge in [0.05, 0.1) is 0 Å². The third kappa shape index (κ3) is 4.10. The van der Waals surface area contributed by atoms with Crippen LogP contribution in [-0.2, 0) is 0 Å². The molecule has 0 aliphatic carbocycles. The lowest BCUT2D eigenvalue weighted by Gasteiger charge is -2.31. The highest BCUT2D eigenvalue weighted by Crippen LogP contribution is 2.29. The van der Waals surface area contributed by atoms with Gasteiger partial charge in [-0.2, -0.15) is 0 Å². The van der Waals surface area contributed by atoms with Crippen LogP contribution in [0.2, 0.25) is 0 Å². The Hall–Kier alpha value is -0.330. The van der Waals surface area contributed by atoms with Crippen molar-refractivity contribution in [3.63, 3.8) is 0 Å². The van der Waals surface area contributed by atoms with E-state index >= 15 is 0 Å². The molecule has 2 rings (SSSR count). The first-order valence-corrected chi connectivity index (χ1v) is 8.35. The summed E-state index contributed by atoms with van der Waals surface area (Å²) in [5, 5.41) is 9.69.